The van der Waals surface area contributed by atoms with Crippen molar-refractivity contribution in [3.63, 3.8) is 0 Å². The Kier molecular flexibility index (Phi) is 9.98. The van der Waals surface area contributed by atoms with Crippen LogP contribution in [0, 0.1) is 0 Å². The second kappa shape index (κ2) is 13.4. The lowest BCUT2D eigenvalue weighted by Gasteiger charge is -2.13. The highest BCUT2D eigenvalue weighted by atomic mass is 32.2. The van der Waals surface area contributed by atoms with E-state index in [9.17, 15) is 32.7 Å². The average molecular weight is 568 g/mol. The Morgan fingerprint density at radius 2 is 1.40 bits per heavy atom. The molecule has 12 heteroatoms. The van der Waals surface area contributed by atoms with Gasteiger partial charge in [-0.3, -0.25) is 14.3 Å². The van der Waals surface area contributed by atoms with Gasteiger partial charge in [0.25, 0.3) is 10.0 Å². The molecule has 0 saturated carbocycles. The van der Waals surface area contributed by atoms with E-state index in [0.717, 1.165) is 30.9 Å². The Labute approximate surface area is 231 Å². The van der Waals surface area contributed by atoms with Crippen molar-refractivity contribution in [2.24, 2.45) is 0 Å². The summed E-state index contributed by atoms with van der Waals surface area (Å²) in [5, 5.41) is 23.7. The first-order valence-corrected chi connectivity index (χ1v) is 13.9. The predicted octanol–water partition coefficient (Wildman–Crippen LogP) is 4.58. The maximum absolute atomic E-state index is 12.9. The van der Waals surface area contributed by atoms with Crippen molar-refractivity contribution in [1.29, 1.82) is 0 Å². The van der Waals surface area contributed by atoms with Crippen molar-refractivity contribution in [3.05, 3.63) is 83.4 Å². The number of aryl methyl sites for hydroxylation is 1. The number of anilines is 3. The molecule has 3 rings (SSSR count). The minimum atomic E-state index is -4.07. The molecular formula is C28H29N3O8S. The molecule has 0 aliphatic carbocycles. The highest BCUT2D eigenvalue weighted by molar-refractivity contribution is 7.92. The van der Waals surface area contributed by atoms with Crippen LogP contribution in [0.1, 0.15) is 58.9 Å². The number of carboxylic acids is 2. The average Bonchev–Trinajstić information content (AvgIpc) is 2.91. The van der Waals surface area contributed by atoms with Gasteiger partial charge in [0.15, 0.2) is 0 Å². The molecule has 11 nitrogen and oxygen atoms in total. The normalized spacial score (nSPS) is 10.9. The number of carbonyl (C=O) groups is 4. The van der Waals surface area contributed by atoms with Gasteiger partial charge in [-0.2, -0.15) is 0 Å². The number of benzene rings is 3. The molecule has 0 saturated heterocycles. The van der Waals surface area contributed by atoms with E-state index in [4.69, 9.17) is 5.11 Å². The van der Waals surface area contributed by atoms with E-state index in [1.807, 2.05) is 0 Å². The maximum atomic E-state index is 12.9. The molecule has 0 unspecified atom stereocenters. The van der Waals surface area contributed by atoms with E-state index >= 15 is 0 Å². The molecule has 40 heavy (non-hydrogen) atoms. The third-order valence-electron chi connectivity index (χ3n) is 5.80. The highest BCUT2D eigenvalue weighted by Gasteiger charge is 2.20. The fraction of sp³-hybridized carbons (Fsp3) is 0.214. The molecule has 0 bridgehead atoms. The summed E-state index contributed by atoms with van der Waals surface area (Å²) in [7, 11) is -4.07. The molecule has 0 spiro atoms. The van der Waals surface area contributed by atoms with Crippen LogP contribution < -0.4 is 15.4 Å². The van der Waals surface area contributed by atoms with Gasteiger partial charge in [-0.15, -0.1) is 0 Å². The summed E-state index contributed by atoms with van der Waals surface area (Å²) in [6.45, 7) is 2.06. The van der Waals surface area contributed by atoms with Crippen molar-refractivity contribution < 1.29 is 37.8 Å². The van der Waals surface area contributed by atoms with Gasteiger partial charge in [-0.1, -0.05) is 31.5 Å². The predicted molar refractivity (Wildman–Crippen MR) is 149 cm³/mol. The Morgan fingerprint density at radius 3 is 1.98 bits per heavy atom. The molecule has 0 fully saturated rings. The summed E-state index contributed by atoms with van der Waals surface area (Å²) in [5.74, 6) is -3.66. The fourth-order valence-electron chi connectivity index (χ4n) is 3.71. The number of hydrogen-bond donors (Lipinski definition) is 5. The topological polar surface area (TPSA) is 179 Å². The lowest BCUT2D eigenvalue weighted by atomic mass is 10.1. The van der Waals surface area contributed by atoms with Gasteiger partial charge >= 0.3 is 11.9 Å². The monoisotopic (exact) mass is 567 g/mol. The van der Waals surface area contributed by atoms with E-state index in [0.29, 0.717) is 0 Å². The largest absolute Gasteiger partial charge is 0.478 e. The molecule has 0 aliphatic rings. The third kappa shape index (κ3) is 8.40. The van der Waals surface area contributed by atoms with Crippen molar-refractivity contribution in [1.82, 2.24) is 0 Å². The molecule has 3 aromatic rings. The summed E-state index contributed by atoms with van der Waals surface area (Å²) >= 11 is 0. The molecular weight excluding hydrogens is 538 g/mol. The smallest absolute Gasteiger partial charge is 0.337 e. The van der Waals surface area contributed by atoms with Gasteiger partial charge < -0.3 is 20.8 Å². The van der Waals surface area contributed by atoms with Crippen LogP contribution in [0.4, 0.5) is 17.1 Å². The minimum Gasteiger partial charge on any atom is -0.478 e. The molecule has 0 radical (unpaired) electrons. The van der Waals surface area contributed by atoms with Crippen LogP contribution in [0.15, 0.2) is 71.6 Å². The van der Waals surface area contributed by atoms with E-state index in [1.165, 1.54) is 48.5 Å². The van der Waals surface area contributed by atoms with Crippen LogP contribution >= 0.6 is 0 Å². The van der Waals surface area contributed by atoms with Gasteiger partial charge in [0, 0.05) is 24.2 Å². The standard InChI is InChI=1S/C28H29N3O8S/c1-2-3-5-18-8-11-22(12-9-18)40(38,39)31-24-13-10-21(17-23(24)28(36)37)30-26(33)15-14-25(32)29-20-7-4-6-19(16-20)27(34)35/h4,6-13,16-17,31H,2-3,5,14-15H2,1H3,(H,29,32)(H,30,33)(H,34,35)(H,36,37). The Hall–Kier alpha value is -4.71. The number of nitrogens with one attached hydrogen (secondary N) is 3. The van der Waals surface area contributed by atoms with E-state index in [2.05, 4.69) is 22.3 Å². The summed E-state index contributed by atoms with van der Waals surface area (Å²) in [6, 6.07) is 15.7. The molecule has 5 N–H and O–H groups in total. The summed E-state index contributed by atoms with van der Waals surface area (Å²) in [6.07, 6.45) is 2.35. The summed E-state index contributed by atoms with van der Waals surface area (Å²) in [5.41, 5.74) is 0.801. The van der Waals surface area contributed by atoms with Crippen molar-refractivity contribution in [3.8, 4) is 0 Å². The molecule has 0 aromatic heterocycles. The van der Waals surface area contributed by atoms with Crippen LogP contribution in [-0.4, -0.2) is 42.4 Å². The maximum Gasteiger partial charge on any atom is 0.337 e. The first-order chi connectivity index (χ1) is 19.0. The van der Waals surface area contributed by atoms with E-state index in [-0.39, 0.29) is 45.9 Å². The van der Waals surface area contributed by atoms with Gasteiger partial charge in [0.1, 0.15) is 0 Å². The molecule has 0 aliphatic heterocycles. The van der Waals surface area contributed by atoms with E-state index < -0.39 is 33.8 Å². The number of carbonyl (C=O) groups excluding carboxylic acids is 2. The Bertz CT molecular complexity index is 1520. The fourth-order valence-corrected chi connectivity index (χ4v) is 4.79. The zero-order valence-corrected chi connectivity index (χ0v) is 22.5. The second-order valence-corrected chi connectivity index (χ2v) is 10.6. The van der Waals surface area contributed by atoms with Crippen LogP contribution in [0.2, 0.25) is 0 Å². The lowest BCUT2D eigenvalue weighted by Crippen LogP contribution is -2.18. The number of rotatable bonds is 13. The number of amides is 2. The molecule has 2 amide bonds. The van der Waals surface area contributed by atoms with Gasteiger partial charge in [-0.05, 0) is 66.9 Å². The molecule has 210 valence electrons. The first-order valence-electron chi connectivity index (χ1n) is 12.4. The van der Waals surface area contributed by atoms with Crippen LogP contribution in [0.3, 0.4) is 0 Å². The first kappa shape index (κ1) is 29.8. The van der Waals surface area contributed by atoms with Gasteiger partial charge in [0.2, 0.25) is 11.8 Å². The van der Waals surface area contributed by atoms with Crippen LogP contribution in [0.25, 0.3) is 0 Å². The quantitative estimate of drug-likeness (QED) is 0.199. The van der Waals surface area contributed by atoms with Crippen LogP contribution in [0.5, 0.6) is 0 Å². The Morgan fingerprint density at radius 1 is 0.775 bits per heavy atom. The molecule has 0 heterocycles. The SMILES string of the molecule is CCCCc1ccc(S(=O)(=O)Nc2ccc(NC(=O)CCC(=O)Nc3cccc(C(=O)O)c3)cc2C(=O)O)cc1. The number of unbranched alkanes of at least 4 members (excludes halogenated alkanes) is 1. The second-order valence-electron chi connectivity index (χ2n) is 8.90. The van der Waals surface area contributed by atoms with Crippen molar-refractivity contribution >= 4 is 50.8 Å². The zero-order chi connectivity index (χ0) is 29.3. The summed E-state index contributed by atoms with van der Waals surface area (Å²) < 4.78 is 28.0. The third-order valence-corrected chi connectivity index (χ3v) is 7.18. The van der Waals surface area contributed by atoms with Crippen LogP contribution in [-0.2, 0) is 26.0 Å². The Balaban J connectivity index is 1.62. The van der Waals surface area contributed by atoms with Gasteiger partial charge in [0.05, 0.1) is 21.7 Å². The number of aromatic carboxylic acids is 2. The zero-order valence-electron chi connectivity index (χ0n) is 21.6. The highest BCUT2D eigenvalue weighted by Crippen LogP contribution is 2.25. The number of carboxylic acid groups (broad SMARTS) is 2. The molecule has 0 atom stereocenters. The lowest BCUT2D eigenvalue weighted by molar-refractivity contribution is -0.121. The minimum absolute atomic E-state index is 0.00386. The van der Waals surface area contributed by atoms with Gasteiger partial charge in [-0.25, -0.2) is 18.0 Å². The van der Waals surface area contributed by atoms with Crippen molar-refractivity contribution in [2.75, 3.05) is 15.4 Å². The van der Waals surface area contributed by atoms with E-state index in [1.54, 1.807) is 12.1 Å². The molecule has 3 aromatic carbocycles. The number of sulfonamides is 1. The summed E-state index contributed by atoms with van der Waals surface area (Å²) in [4.78, 5) is 47.4. The number of hydrogen-bond acceptors (Lipinski definition) is 6. The van der Waals surface area contributed by atoms with Crippen molar-refractivity contribution in [2.45, 2.75) is 43.9 Å².